The second-order valence-electron chi connectivity index (χ2n) is 12.3. The summed E-state index contributed by atoms with van der Waals surface area (Å²) in [4.78, 5) is 2.43. The van der Waals surface area contributed by atoms with Crippen molar-refractivity contribution >= 4 is 43.8 Å². The van der Waals surface area contributed by atoms with Crippen LogP contribution in [0, 0.1) is 0 Å². The third-order valence-corrected chi connectivity index (χ3v) is 10.0. The van der Waals surface area contributed by atoms with E-state index < -0.39 is 0 Å². The van der Waals surface area contributed by atoms with Crippen molar-refractivity contribution in [3.63, 3.8) is 0 Å². The highest BCUT2D eigenvalue weighted by Crippen LogP contribution is 2.51. The minimum atomic E-state index is -0.0968. The molecule has 0 bridgehead atoms. The fourth-order valence-corrected chi connectivity index (χ4v) is 7.50. The van der Waals surface area contributed by atoms with Gasteiger partial charge in [-0.25, -0.2) is 0 Å². The molecule has 1 aliphatic rings. The van der Waals surface area contributed by atoms with Crippen LogP contribution in [0.2, 0.25) is 0 Å². The van der Waals surface area contributed by atoms with Crippen molar-refractivity contribution in [3.8, 4) is 33.4 Å². The van der Waals surface area contributed by atoms with Gasteiger partial charge in [-0.1, -0.05) is 145 Å². The number of rotatable bonds is 5. The molecule has 45 heavy (non-hydrogen) atoms. The van der Waals surface area contributed by atoms with Crippen molar-refractivity contribution in [2.75, 3.05) is 4.90 Å². The minimum Gasteiger partial charge on any atom is -0.310 e. The normalized spacial score (nSPS) is 13.0. The van der Waals surface area contributed by atoms with Crippen LogP contribution in [-0.4, -0.2) is 0 Å². The Morgan fingerprint density at radius 3 is 1.93 bits per heavy atom. The minimum absolute atomic E-state index is 0.0968. The standard InChI is InChI=1S/C43H32BrN/c1-43(2)39-18-10-8-17-36(39)37-24-22-34(28-40(37)43)45(33-23-25-41(44)38(27-33)30-13-4-3-5-14-30)42-19-11-9-16-35(42)32-21-20-29-12-6-7-15-31(29)26-32/h3-28H,1-2H3. The Bertz CT molecular complexity index is 2210. The van der Waals surface area contributed by atoms with Gasteiger partial charge in [0.2, 0.25) is 0 Å². The quantitative estimate of drug-likeness (QED) is 0.181. The molecule has 216 valence electrons. The Labute approximate surface area is 273 Å². The van der Waals surface area contributed by atoms with Crippen LogP contribution >= 0.6 is 15.9 Å². The van der Waals surface area contributed by atoms with Crippen LogP contribution in [0.1, 0.15) is 25.0 Å². The lowest BCUT2D eigenvalue weighted by molar-refractivity contribution is 0.660. The highest BCUT2D eigenvalue weighted by atomic mass is 79.9. The van der Waals surface area contributed by atoms with Crippen LogP contribution in [0.15, 0.2) is 162 Å². The van der Waals surface area contributed by atoms with Crippen LogP contribution in [0.4, 0.5) is 17.1 Å². The van der Waals surface area contributed by atoms with Gasteiger partial charge < -0.3 is 4.90 Å². The average molecular weight is 643 g/mol. The Morgan fingerprint density at radius 1 is 0.444 bits per heavy atom. The third-order valence-electron chi connectivity index (χ3n) is 9.32. The van der Waals surface area contributed by atoms with Crippen molar-refractivity contribution in [2.45, 2.75) is 19.3 Å². The summed E-state index contributed by atoms with van der Waals surface area (Å²) in [5, 5.41) is 2.49. The number of fused-ring (bicyclic) bond motifs is 4. The molecular formula is C43H32BrN. The molecule has 0 saturated carbocycles. The predicted molar refractivity (Wildman–Crippen MR) is 195 cm³/mol. The number of hydrogen-bond acceptors (Lipinski definition) is 1. The fraction of sp³-hybridized carbons (Fsp3) is 0.0698. The number of para-hydroxylation sites is 1. The van der Waals surface area contributed by atoms with Crippen LogP contribution < -0.4 is 4.90 Å². The first-order valence-corrected chi connectivity index (χ1v) is 16.3. The van der Waals surface area contributed by atoms with Crippen LogP contribution in [-0.2, 0) is 5.41 Å². The van der Waals surface area contributed by atoms with Crippen molar-refractivity contribution in [1.82, 2.24) is 0 Å². The summed E-state index contributed by atoms with van der Waals surface area (Å²) >= 11 is 3.86. The van der Waals surface area contributed by atoms with Crippen LogP contribution in [0.3, 0.4) is 0 Å². The lowest BCUT2D eigenvalue weighted by Crippen LogP contribution is -2.17. The molecule has 0 heterocycles. The molecular weight excluding hydrogens is 610 g/mol. The summed E-state index contributed by atoms with van der Waals surface area (Å²) in [6.45, 7) is 4.70. The molecule has 0 spiro atoms. The van der Waals surface area contributed by atoms with Crippen LogP contribution in [0.5, 0.6) is 0 Å². The summed E-state index contributed by atoms with van der Waals surface area (Å²) < 4.78 is 1.07. The Kier molecular flexibility index (Phi) is 6.69. The Balaban J connectivity index is 1.36. The van der Waals surface area contributed by atoms with Gasteiger partial charge in [0.1, 0.15) is 0 Å². The van der Waals surface area contributed by atoms with Gasteiger partial charge in [-0.05, 0) is 92.2 Å². The fourth-order valence-electron chi connectivity index (χ4n) is 7.02. The lowest BCUT2D eigenvalue weighted by atomic mass is 9.82. The molecule has 0 unspecified atom stereocenters. The molecule has 2 heteroatoms. The largest absolute Gasteiger partial charge is 0.310 e. The van der Waals surface area contributed by atoms with Gasteiger partial charge in [-0.15, -0.1) is 0 Å². The van der Waals surface area contributed by atoms with Crippen molar-refractivity contribution < 1.29 is 0 Å². The van der Waals surface area contributed by atoms with Crippen molar-refractivity contribution in [3.05, 3.63) is 173 Å². The van der Waals surface area contributed by atoms with Gasteiger partial charge >= 0.3 is 0 Å². The highest BCUT2D eigenvalue weighted by molar-refractivity contribution is 9.10. The zero-order valence-corrected chi connectivity index (χ0v) is 26.9. The first-order valence-electron chi connectivity index (χ1n) is 15.5. The van der Waals surface area contributed by atoms with Gasteiger partial charge in [0.25, 0.3) is 0 Å². The molecule has 1 aliphatic carbocycles. The molecule has 0 saturated heterocycles. The molecule has 7 aromatic carbocycles. The van der Waals surface area contributed by atoms with E-state index in [2.05, 4.69) is 192 Å². The molecule has 1 nitrogen and oxygen atoms in total. The number of halogens is 1. The first-order chi connectivity index (χ1) is 22.0. The maximum atomic E-state index is 3.86. The van der Waals surface area contributed by atoms with E-state index in [1.807, 2.05) is 0 Å². The Hall–Kier alpha value is -4.92. The maximum Gasteiger partial charge on any atom is 0.0540 e. The van der Waals surface area contributed by atoms with Crippen molar-refractivity contribution in [1.29, 1.82) is 0 Å². The summed E-state index contributed by atoms with van der Waals surface area (Å²) in [7, 11) is 0. The number of anilines is 3. The van der Waals surface area contributed by atoms with Gasteiger partial charge in [0, 0.05) is 26.8 Å². The molecule has 0 aromatic heterocycles. The Morgan fingerprint density at radius 2 is 1.09 bits per heavy atom. The topological polar surface area (TPSA) is 3.24 Å². The van der Waals surface area contributed by atoms with Crippen LogP contribution in [0.25, 0.3) is 44.2 Å². The number of benzene rings is 7. The average Bonchev–Trinajstić information content (AvgIpc) is 3.32. The van der Waals surface area contributed by atoms with E-state index in [0.29, 0.717) is 0 Å². The van der Waals surface area contributed by atoms with E-state index in [4.69, 9.17) is 0 Å². The highest BCUT2D eigenvalue weighted by Gasteiger charge is 2.35. The summed E-state index contributed by atoms with van der Waals surface area (Å²) in [6.07, 6.45) is 0. The maximum absolute atomic E-state index is 3.86. The molecule has 0 fully saturated rings. The summed E-state index contributed by atoms with van der Waals surface area (Å²) in [5.74, 6) is 0. The molecule has 0 N–H and O–H groups in total. The molecule has 0 aliphatic heterocycles. The SMILES string of the molecule is CC1(C)c2ccccc2-c2ccc(N(c3ccc(Br)c(-c4ccccc4)c3)c3ccccc3-c3ccc4ccccc4c3)cc21. The van der Waals surface area contributed by atoms with E-state index in [1.54, 1.807) is 0 Å². The smallest absolute Gasteiger partial charge is 0.0540 e. The van der Waals surface area contributed by atoms with Gasteiger partial charge in [0.05, 0.1) is 5.69 Å². The second kappa shape index (κ2) is 10.9. The molecule has 7 aromatic rings. The van der Waals surface area contributed by atoms with E-state index in [-0.39, 0.29) is 5.41 Å². The van der Waals surface area contributed by atoms with E-state index in [9.17, 15) is 0 Å². The molecule has 8 rings (SSSR count). The molecule has 0 radical (unpaired) electrons. The van der Waals surface area contributed by atoms with E-state index in [0.717, 1.165) is 27.1 Å². The number of hydrogen-bond donors (Lipinski definition) is 0. The van der Waals surface area contributed by atoms with Gasteiger partial charge in [-0.2, -0.15) is 0 Å². The summed E-state index contributed by atoms with van der Waals surface area (Å²) in [5.41, 5.74) is 13.4. The van der Waals surface area contributed by atoms with E-state index in [1.165, 1.54) is 49.7 Å². The zero-order valence-electron chi connectivity index (χ0n) is 25.3. The molecule has 0 amide bonds. The third kappa shape index (κ3) is 4.69. The lowest BCUT2D eigenvalue weighted by Gasteiger charge is -2.30. The molecule has 0 atom stereocenters. The van der Waals surface area contributed by atoms with Crippen molar-refractivity contribution in [2.24, 2.45) is 0 Å². The van der Waals surface area contributed by atoms with Gasteiger partial charge in [0.15, 0.2) is 0 Å². The zero-order chi connectivity index (χ0) is 30.5. The van der Waals surface area contributed by atoms with E-state index >= 15 is 0 Å². The monoisotopic (exact) mass is 641 g/mol. The number of nitrogens with zero attached hydrogens (tertiary/aromatic N) is 1. The van der Waals surface area contributed by atoms with Gasteiger partial charge in [-0.3, -0.25) is 0 Å². The second-order valence-corrected chi connectivity index (χ2v) is 13.2. The first kappa shape index (κ1) is 27.6. The summed E-state index contributed by atoms with van der Waals surface area (Å²) in [6, 6.07) is 57.4. The predicted octanol–water partition coefficient (Wildman–Crippen LogP) is 12.7.